The lowest BCUT2D eigenvalue weighted by Gasteiger charge is -2.38. The van der Waals surface area contributed by atoms with Crippen molar-refractivity contribution in [2.45, 2.75) is 37.3 Å². The van der Waals surface area contributed by atoms with Crippen LogP contribution >= 0.6 is 0 Å². The van der Waals surface area contributed by atoms with Gasteiger partial charge in [0.25, 0.3) is 0 Å². The highest BCUT2D eigenvalue weighted by molar-refractivity contribution is 5.78. The lowest BCUT2D eigenvalue weighted by Crippen LogP contribution is -2.47. The lowest BCUT2D eigenvalue weighted by molar-refractivity contribution is -0.135. The molecule has 2 aromatic rings. The Morgan fingerprint density at radius 3 is 2.62 bits per heavy atom. The number of nitrogens with zero attached hydrogens (tertiary/aromatic N) is 3. The van der Waals surface area contributed by atoms with E-state index in [1.807, 2.05) is 41.3 Å². The van der Waals surface area contributed by atoms with Gasteiger partial charge < -0.3 is 15.0 Å². The molecule has 1 N–H and O–H groups in total. The molecule has 2 aliphatic rings. The number of carbonyl (C=O) groups is 1. The Hall–Kier alpha value is -2.47. The monoisotopic (exact) mass is 352 g/mol. The molecule has 0 aliphatic carbocycles. The zero-order valence-corrected chi connectivity index (χ0v) is 14.8. The number of rotatable bonds is 4. The third-order valence-electron chi connectivity index (χ3n) is 5.31. The topological polar surface area (TPSA) is 67.4 Å². The molecule has 1 spiro atoms. The third-order valence-corrected chi connectivity index (χ3v) is 5.31. The molecule has 0 radical (unpaired) electrons. The zero-order valence-electron chi connectivity index (χ0n) is 14.8. The van der Waals surface area contributed by atoms with Crippen LogP contribution in [0.15, 0.2) is 48.8 Å². The van der Waals surface area contributed by atoms with E-state index in [0.29, 0.717) is 13.0 Å². The first kappa shape index (κ1) is 17.0. The van der Waals surface area contributed by atoms with Crippen LogP contribution in [0.5, 0.6) is 0 Å². The van der Waals surface area contributed by atoms with Gasteiger partial charge in [-0.05, 0) is 43.5 Å². The molecule has 2 aromatic heterocycles. The molecule has 2 fully saturated rings. The van der Waals surface area contributed by atoms with Crippen LogP contribution in [0.3, 0.4) is 0 Å². The molecule has 4 heterocycles. The number of anilines is 1. The summed E-state index contributed by atoms with van der Waals surface area (Å²) >= 11 is 0. The molecule has 2 saturated heterocycles. The molecule has 0 saturated carbocycles. The van der Waals surface area contributed by atoms with Crippen LogP contribution in [-0.2, 0) is 16.0 Å². The Labute approximate surface area is 153 Å². The van der Waals surface area contributed by atoms with Gasteiger partial charge in [-0.1, -0.05) is 12.1 Å². The van der Waals surface area contributed by atoms with Gasteiger partial charge in [0.05, 0.1) is 24.7 Å². The summed E-state index contributed by atoms with van der Waals surface area (Å²) in [5.74, 6) is 1.04. The number of hydrogen-bond donors (Lipinski definition) is 1. The van der Waals surface area contributed by atoms with Crippen molar-refractivity contribution in [2.24, 2.45) is 0 Å². The molecule has 136 valence electrons. The van der Waals surface area contributed by atoms with Crippen molar-refractivity contribution in [3.63, 3.8) is 0 Å². The molecular weight excluding hydrogens is 328 g/mol. The highest BCUT2D eigenvalue weighted by Crippen LogP contribution is 2.36. The van der Waals surface area contributed by atoms with Crippen molar-refractivity contribution < 1.29 is 9.53 Å². The highest BCUT2D eigenvalue weighted by Gasteiger charge is 2.43. The summed E-state index contributed by atoms with van der Waals surface area (Å²) in [5.41, 5.74) is 0.725. The molecule has 2 aliphatic heterocycles. The zero-order chi connectivity index (χ0) is 17.8. The number of aromatic nitrogens is 2. The summed E-state index contributed by atoms with van der Waals surface area (Å²) in [7, 11) is 0. The number of amides is 1. The predicted octanol–water partition coefficient (Wildman–Crippen LogP) is 2.28. The van der Waals surface area contributed by atoms with Crippen molar-refractivity contribution in [3.8, 4) is 0 Å². The first-order valence-corrected chi connectivity index (χ1v) is 9.22. The molecular formula is C20H24N4O2. The Balaban J connectivity index is 1.29. The van der Waals surface area contributed by atoms with E-state index in [-0.39, 0.29) is 17.6 Å². The van der Waals surface area contributed by atoms with Crippen LogP contribution < -0.4 is 5.32 Å². The molecule has 6 heteroatoms. The van der Waals surface area contributed by atoms with Gasteiger partial charge in [-0.25, -0.2) is 4.98 Å². The minimum Gasteiger partial charge on any atom is -0.373 e. The van der Waals surface area contributed by atoms with Gasteiger partial charge in [-0.3, -0.25) is 9.78 Å². The number of ether oxygens (including phenoxy) is 1. The average Bonchev–Trinajstić information content (AvgIpc) is 3.06. The SMILES string of the molecule is O=C(Cc1ccccn1)N1CCC2(CC1)CC(Nc1ccccn1)CO2. The van der Waals surface area contributed by atoms with E-state index in [0.717, 1.165) is 43.9 Å². The van der Waals surface area contributed by atoms with E-state index in [1.165, 1.54) is 0 Å². The third kappa shape index (κ3) is 3.85. The van der Waals surface area contributed by atoms with Gasteiger partial charge in [0, 0.05) is 31.2 Å². The predicted molar refractivity (Wildman–Crippen MR) is 98.7 cm³/mol. The fourth-order valence-corrected chi connectivity index (χ4v) is 3.88. The second-order valence-electron chi connectivity index (χ2n) is 7.13. The van der Waals surface area contributed by atoms with Gasteiger partial charge in [-0.2, -0.15) is 0 Å². The Kier molecular flexibility index (Phi) is 4.84. The quantitative estimate of drug-likeness (QED) is 0.914. The van der Waals surface area contributed by atoms with E-state index in [1.54, 1.807) is 12.4 Å². The van der Waals surface area contributed by atoms with Crippen LogP contribution in [0.25, 0.3) is 0 Å². The summed E-state index contributed by atoms with van der Waals surface area (Å²) in [4.78, 5) is 23.0. The second-order valence-corrected chi connectivity index (χ2v) is 7.13. The number of nitrogens with one attached hydrogen (secondary N) is 1. The van der Waals surface area contributed by atoms with E-state index >= 15 is 0 Å². The number of piperidine rings is 1. The van der Waals surface area contributed by atoms with Gasteiger partial charge in [0.15, 0.2) is 0 Å². The standard InChI is InChI=1S/C20H24N4O2/c25-19(13-16-5-1-3-9-21-16)24-11-7-20(8-12-24)14-17(15-26-20)23-18-6-2-4-10-22-18/h1-6,9-10,17H,7-8,11-15H2,(H,22,23). The van der Waals surface area contributed by atoms with Crippen molar-refractivity contribution >= 4 is 11.7 Å². The first-order valence-electron chi connectivity index (χ1n) is 9.22. The number of likely N-dealkylation sites (tertiary alicyclic amines) is 1. The van der Waals surface area contributed by atoms with Crippen LogP contribution in [0.2, 0.25) is 0 Å². The maximum Gasteiger partial charge on any atom is 0.228 e. The number of carbonyl (C=O) groups excluding carboxylic acids is 1. The highest BCUT2D eigenvalue weighted by atomic mass is 16.5. The maximum atomic E-state index is 12.5. The largest absolute Gasteiger partial charge is 0.373 e. The van der Waals surface area contributed by atoms with Gasteiger partial charge in [0.1, 0.15) is 5.82 Å². The van der Waals surface area contributed by atoms with Crippen molar-refractivity contribution in [2.75, 3.05) is 25.0 Å². The molecule has 1 amide bonds. The van der Waals surface area contributed by atoms with E-state index < -0.39 is 0 Å². The lowest BCUT2D eigenvalue weighted by atomic mass is 9.87. The fourth-order valence-electron chi connectivity index (χ4n) is 3.88. The van der Waals surface area contributed by atoms with Crippen LogP contribution in [0.1, 0.15) is 25.0 Å². The Morgan fingerprint density at radius 1 is 1.15 bits per heavy atom. The average molecular weight is 352 g/mol. The molecule has 6 nitrogen and oxygen atoms in total. The molecule has 4 rings (SSSR count). The fraction of sp³-hybridized carbons (Fsp3) is 0.450. The molecule has 26 heavy (non-hydrogen) atoms. The van der Waals surface area contributed by atoms with Crippen molar-refractivity contribution in [1.82, 2.24) is 14.9 Å². The summed E-state index contributed by atoms with van der Waals surface area (Å²) in [6.45, 7) is 2.20. The summed E-state index contributed by atoms with van der Waals surface area (Å²) in [6.07, 6.45) is 6.64. The second kappa shape index (κ2) is 7.41. The smallest absolute Gasteiger partial charge is 0.228 e. The van der Waals surface area contributed by atoms with E-state index in [9.17, 15) is 4.79 Å². The Bertz CT molecular complexity index is 730. The molecule has 0 aromatic carbocycles. The summed E-state index contributed by atoms with van der Waals surface area (Å²) < 4.78 is 6.17. The number of pyridine rings is 2. The number of hydrogen-bond acceptors (Lipinski definition) is 5. The Morgan fingerprint density at radius 2 is 1.92 bits per heavy atom. The molecule has 0 bridgehead atoms. The van der Waals surface area contributed by atoms with Crippen molar-refractivity contribution in [1.29, 1.82) is 0 Å². The minimum atomic E-state index is -0.103. The van der Waals surface area contributed by atoms with Crippen molar-refractivity contribution in [3.05, 3.63) is 54.5 Å². The van der Waals surface area contributed by atoms with E-state index in [4.69, 9.17) is 4.74 Å². The summed E-state index contributed by atoms with van der Waals surface area (Å²) in [6, 6.07) is 11.8. The minimum absolute atomic E-state index is 0.103. The van der Waals surface area contributed by atoms with E-state index in [2.05, 4.69) is 15.3 Å². The van der Waals surface area contributed by atoms with Gasteiger partial charge >= 0.3 is 0 Å². The first-order chi connectivity index (χ1) is 12.7. The van der Waals surface area contributed by atoms with Gasteiger partial charge in [-0.15, -0.1) is 0 Å². The van der Waals surface area contributed by atoms with Crippen LogP contribution in [-0.4, -0.2) is 52.1 Å². The molecule has 1 unspecified atom stereocenters. The van der Waals surface area contributed by atoms with Gasteiger partial charge in [0.2, 0.25) is 5.91 Å². The normalized spacial score (nSPS) is 21.7. The maximum absolute atomic E-state index is 12.5. The van der Waals surface area contributed by atoms with Crippen LogP contribution in [0.4, 0.5) is 5.82 Å². The molecule has 1 atom stereocenters. The van der Waals surface area contributed by atoms with Crippen LogP contribution in [0, 0.1) is 0 Å². The summed E-state index contributed by atoms with van der Waals surface area (Å²) in [5, 5.41) is 3.45.